The van der Waals surface area contributed by atoms with Crippen molar-refractivity contribution < 1.29 is 13.2 Å². The van der Waals surface area contributed by atoms with Gasteiger partial charge in [0.25, 0.3) is 0 Å². The molecule has 0 fully saturated rings. The van der Waals surface area contributed by atoms with Crippen LogP contribution in [0.15, 0.2) is 48.5 Å². The SMILES string of the molecule is CCS(=O)(=O)N1Cc2ccccc2CC1C(=O)NCCc1cccc(Cl)c1. The molecule has 2 aromatic rings. The first kappa shape index (κ1) is 19.9. The maximum Gasteiger partial charge on any atom is 0.238 e. The molecule has 0 saturated carbocycles. The Morgan fingerprint density at radius 2 is 1.93 bits per heavy atom. The molecule has 0 aromatic heterocycles. The smallest absolute Gasteiger partial charge is 0.238 e. The predicted octanol–water partition coefficient (Wildman–Crippen LogP) is 2.78. The van der Waals surface area contributed by atoms with Gasteiger partial charge in [0.2, 0.25) is 15.9 Å². The Bertz CT molecular complexity index is 930. The second-order valence-electron chi connectivity index (χ2n) is 6.61. The molecular weight excluding hydrogens is 384 g/mol. The number of nitrogens with zero attached hydrogens (tertiary/aromatic N) is 1. The van der Waals surface area contributed by atoms with Crippen LogP contribution in [0.5, 0.6) is 0 Å². The summed E-state index contributed by atoms with van der Waals surface area (Å²) in [5, 5.41) is 3.54. The van der Waals surface area contributed by atoms with Gasteiger partial charge in [-0.05, 0) is 48.6 Å². The van der Waals surface area contributed by atoms with Crippen LogP contribution in [0.1, 0.15) is 23.6 Å². The van der Waals surface area contributed by atoms with Gasteiger partial charge in [-0.15, -0.1) is 0 Å². The first-order chi connectivity index (χ1) is 12.9. The third-order valence-corrected chi connectivity index (χ3v) is 6.90. The van der Waals surface area contributed by atoms with Crippen LogP contribution in [-0.4, -0.2) is 37.0 Å². The molecule has 0 aliphatic carbocycles. The summed E-state index contributed by atoms with van der Waals surface area (Å²) in [6.07, 6.45) is 1.02. The van der Waals surface area contributed by atoms with Crippen LogP contribution in [0, 0.1) is 0 Å². The van der Waals surface area contributed by atoms with Crippen molar-refractivity contribution in [3.05, 3.63) is 70.2 Å². The minimum absolute atomic E-state index is 0.0263. The molecule has 7 heteroatoms. The summed E-state index contributed by atoms with van der Waals surface area (Å²) in [5.41, 5.74) is 3.00. The summed E-state index contributed by atoms with van der Waals surface area (Å²) in [6.45, 7) is 2.26. The lowest BCUT2D eigenvalue weighted by atomic mass is 9.95. The van der Waals surface area contributed by atoms with Crippen LogP contribution >= 0.6 is 11.6 Å². The maximum absolute atomic E-state index is 12.8. The van der Waals surface area contributed by atoms with E-state index in [-0.39, 0.29) is 18.2 Å². The Hall–Kier alpha value is -1.89. The average Bonchev–Trinajstić information content (AvgIpc) is 2.67. The van der Waals surface area contributed by atoms with Gasteiger partial charge in [0.1, 0.15) is 6.04 Å². The molecule has 27 heavy (non-hydrogen) atoms. The van der Waals surface area contributed by atoms with Gasteiger partial charge < -0.3 is 5.32 Å². The Morgan fingerprint density at radius 1 is 1.19 bits per heavy atom. The highest BCUT2D eigenvalue weighted by molar-refractivity contribution is 7.89. The summed E-state index contributed by atoms with van der Waals surface area (Å²) in [4.78, 5) is 12.8. The van der Waals surface area contributed by atoms with Crippen molar-refractivity contribution in [3.8, 4) is 0 Å². The second kappa shape index (κ2) is 8.42. The van der Waals surface area contributed by atoms with Gasteiger partial charge in [-0.3, -0.25) is 4.79 Å². The van der Waals surface area contributed by atoms with Gasteiger partial charge in [-0.2, -0.15) is 4.31 Å². The van der Waals surface area contributed by atoms with Gasteiger partial charge in [-0.25, -0.2) is 8.42 Å². The maximum atomic E-state index is 12.8. The molecule has 1 heterocycles. The van der Waals surface area contributed by atoms with Crippen LogP contribution in [0.2, 0.25) is 5.02 Å². The van der Waals surface area contributed by atoms with Crippen molar-refractivity contribution in [1.82, 2.24) is 9.62 Å². The third kappa shape index (κ3) is 4.69. The number of rotatable bonds is 6. The number of benzene rings is 2. The molecular formula is C20H23ClN2O3S. The lowest BCUT2D eigenvalue weighted by molar-refractivity contribution is -0.125. The Morgan fingerprint density at radius 3 is 2.63 bits per heavy atom. The lowest BCUT2D eigenvalue weighted by Crippen LogP contribution is -2.53. The van der Waals surface area contributed by atoms with Crippen molar-refractivity contribution in [3.63, 3.8) is 0 Å². The zero-order valence-electron chi connectivity index (χ0n) is 15.2. The second-order valence-corrected chi connectivity index (χ2v) is 9.25. The summed E-state index contributed by atoms with van der Waals surface area (Å²) in [6, 6.07) is 14.4. The van der Waals surface area contributed by atoms with E-state index in [2.05, 4.69) is 5.32 Å². The van der Waals surface area contributed by atoms with Gasteiger partial charge >= 0.3 is 0 Å². The van der Waals surface area contributed by atoms with Crippen LogP contribution in [0.25, 0.3) is 0 Å². The number of fused-ring (bicyclic) bond motifs is 1. The molecule has 1 unspecified atom stereocenters. The number of amides is 1. The fraction of sp³-hybridized carbons (Fsp3) is 0.350. The van der Waals surface area contributed by atoms with E-state index in [0.717, 1.165) is 16.7 Å². The Labute approximate surface area is 165 Å². The van der Waals surface area contributed by atoms with E-state index in [1.165, 1.54) is 4.31 Å². The Kier molecular flexibility index (Phi) is 6.19. The van der Waals surface area contributed by atoms with Crippen molar-refractivity contribution in [1.29, 1.82) is 0 Å². The third-order valence-electron chi connectivity index (χ3n) is 4.83. The molecule has 3 rings (SSSR count). The molecule has 2 aromatic carbocycles. The van der Waals surface area contributed by atoms with Crippen LogP contribution < -0.4 is 5.32 Å². The lowest BCUT2D eigenvalue weighted by Gasteiger charge is -2.34. The fourth-order valence-corrected chi connectivity index (χ4v) is 4.76. The molecule has 0 spiro atoms. The number of halogens is 1. The number of sulfonamides is 1. The van der Waals surface area contributed by atoms with E-state index in [1.54, 1.807) is 13.0 Å². The number of carbonyl (C=O) groups excluding carboxylic acids is 1. The highest BCUT2D eigenvalue weighted by atomic mass is 35.5. The molecule has 1 amide bonds. The highest BCUT2D eigenvalue weighted by Crippen LogP contribution is 2.26. The summed E-state index contributed by atoms with van der Waals surface area (Å²) in [7, 11) is -3.49. The van der Waals surface area contributed by atoms with Gasteiger partial charge in [0.05, 0.1) is 5.75 Å². The van der Waals surface area contributed by atoms with Crippen LogP contribution in [0.3, 0.4) is 0 Å². The summed E-state index contributed by atoms with van der Waals surface area (Å²) in [5.74, 6) is -0.287. The Balaban J connectivity index is 1.72. The predicted molar refractivity (Wildman–Crippen MR) is 107 cm³/mol. The van der Waals surface area contributed by atoms with Gasteiger partial charge in [0, 0.05) is 18.1 Å². The van der Waals surface area contributed by atoms with Crippen LogP contribution in [-0.2, 0) is 34.2 Å². The largest absolute Gasteiger partial charge is 0.354 e. The first-order valence-electron chi connectivity index (χ1n) is 8.99. The standard InChI is InChI=1S/C20H23ClN2O3S/c1-2-27(25,26)23-14-17-8-4-3-7-16(17)13-19(23)20(24)22-11-10-15-6-5-9-18(21)12-15/h3-9,12,19H,2,10-11,13-14H2,1H3,(H,22,24). The van der Waals surface area contributed by atoms with Crippen molar-refractivity contribution in [2.45, 2.75) is 32.4 Å². The minimum atomic E-state index is -3.49. The monoisotopic (exact) mass is 406 g/mol. The zero-order valence-corrected chi connectivity index (χ0v) is 16.8. The molecule has 5 nitrogen and oxygen atoms in total. The van der Waals surface area contributed by atoms with E-state index in [0.29, 0.717) is 24.4 Å². The number of carbonyl (C=O) groups is 1. The van der Waals surface area contributed by atoms with Crippen molar-refractivity contribution >= 4 is 27.5 Å². The normalized spacial score (nSPS) is 17.3. The number of hydrogen-bond donors (Lipinski definition) is 1. The molecule has 0 bridgehead atoms. The molecule has 1 atom stereocenters. The minimum Gasteiger partial charge on any atom is -0.354 e. The average molecular weight is 407 g/mol. The van der Waals surface area contributed by atoms with E-state index < -0.39 is 16.1 Å². The molecule has 144 valence electrons. The molecule has 0 saturated heterocycles. The van der Waals surface area contributed by atoms with E-state index in [4.69, 9.17) is 11.6 Å². The quantitative estimate of drug-likeness (QED) is 0.802. The van der Waals surface area contributed by atoms with Crippen molar-refractivity contribution in [2.75, 3.05) is 12.3 Å². The van der Waals surface area contributed by atoms with Gasteiger partial charge in [-0.1, -0.05) is 48.0 Å². The fourth-order valence-electron chi connectivity index (χ4n) is 3.32. The molecule has 1 N–H and O–H groups in total. The molecule has 0 radical (unpaired) electrons. The van der Waals surface area contributed by atoms with Crippen LogP contribution in [0.4, 0.5) is 0 Å². The highest BCUT2D eigenvalue weighted by Gasteiger charge is 2.37. The molecule has 1 aliphatic heterocycles. The van der Waals surface area contributed by atoms with E-state index in [9.17, 15) is 13.2 Å². The zero-order chi connectivity index (χ0) is 19.4. The first-order valence-corrected chi connectivity index (χ1v) is 11.0. The van der Waals surface area contributed by atoms with Gasteiger partial charge in [0.15, 0.2) is 0 Å². The number of hydrogen-bond acceptors (Lipinski definition) is 3. The van der Waals surface area contributed by atoms with E-state index in [1.807, 2.05) is 42.5 Å². The van der Waals surface area contributed by atoms with E-state index >= 15 is 0 Å². The summed E-state index contributed by atoms with van der Waals surface area (Å²) >= 11 is 5.98. The van der Waals surface area contributed by atoms with Crippen molar-refractivity contribution in [2.24, 2.45) is 0 Å². The number of nitrogens with one attached hydrogen (secondary N) is 1. The summed E-state index contributed by atoms with van der Waals surface area (Å²) < 4.78 is 26.4. The topological polar surface area (TPSA) is 66.5 Å². The molecule has 1 aliphatic rings.